The summed E-state index contributed by atoms with van der Waals surface area (Å²) in [5.74, 6) is 0. The molecule has 19 heteroatoms. The lowest BCUT2D eigenvalue weighted by molar-refractivity contribution is -0.385. The Morgan fingerprint density at radius 1 is 0.676 bits per heavy atom. The lowest BCUT2D eigenvalue weighted by Crippen LogP contribution is -2.66. The monoisotopic (exact) mass is 568 g/mol. The average Bonchev–Trinajstić information content (AvgIpc) is 2.83. The minimum absolute atomic E-state index is 0.852. The molecule has 18 nitrogen and oxygen atoms in total. The normalized spacial score (nSPS) is 49.6. The molecule has 0 aromatic rings. The molecule has 0 saturated carbocycles. The fraction of sp³-hybridized carbons (Fsp3) is 1.00. The van der Waals surface area contributed by atoms with E-state index in [9.17, 15) is 54.4 Å². The molecule has 218 valence electrons. The lowest BCUT2D eigenvalue weighted by atomic mass is 9.96. The van der Waals surface area contributed by atoms with Crippen molar-refractivity contribution in [1.29, 1.82) is 0 Å². The second kappa shape index (κ2) is 12.2. The van der Waals surface area contributed by atoms with Crippen molar-refractivity contribution < 1.29 is 86.8 Å². The molecule has 3 fully saturated rings. The van der Waals surface area contributed by atoms with Crippen LogP contribution < -0.4 is 0 Å². The van der Waals surface area contributed by atoms with Gasteiger partial charge in [-0.25, -0.2) is 4.18 Å². The van der Waals surface area contributed by atoms with Crippen LogP contribution in [-0.2, 0) is 38.3 Å². The van der Waals surface area contributed by atoms with Crippen molar-refractivity contribution in [1.82, 2.24) is 0 Å². The quantitative estimate of drug-likeness (QED) is 0.122. The number of hydrogen-bond donors (Lipinski definition) is 10. The zero-order valence-corrected chi connectivity index (χ0v) is 20.0. The molecule has 0 aliphatic carbocycles. The van der Waals surface area contributed by atoms with Gasteiger partial charge in [0.2, 0.25) is 0 Å². The summed E-state index contributed by atoms with van der Waals surface area (Å²) in [5.41, 5.74) is 0. The van der Waals surface area contributed by atoms with E-state index in [4.69, 9.17) is 28.2 Å². The van der Waals surface area contributed by atoms with Crippen molar-refractivity contribution >= 4 is 10.4 Å². The van der Waals surface area contributed by atoms with E-state index >= 15 is 0 Å². The van der Waals surface area contributed by atoms with Crippen LogP contribution in [0, 0.1) is 0 Å². The van der Waals surface area contributed by atoms with Gasteiger partial charge < -0.3 is 69.6 Å². The predicted octanol–water partition coefficient (Wildman–Crippen LogP) is -6.72. The van der Waals surface area contributed by atoms with Crippen LogP contribution in [0.1, 0.15) is 6.92 Å². The molecule has 3 heterocycles. The summed E-state index contributed by atoms with van der Waals surface area (Å²) in [6.07, 6.45) is -26.3. The van der Waals surface area contributed by atoms with Crippen molar-refractivity contribution in [2.75, 3.05) is 13.2 Å². The van der Waals surface area contributed by atoms with Gasteiger partial charge in [-0.3, -0.25) is 4.55 Å². The van der Waals surface area contributed by atoms with Crippen molar-refractivity contribution in [2.24, 2.45) is 0 Å². The highest BCUT2D eigenvalue weighted by Gasteiger charge is 2.53. The molecule has 0 bridgehead atoms. The van der Waals surface area contributed by atoms with Crippen molar-refractivity contribution in [3.05, 3.63) is 0 Å². The minimum atomic E-state index is -5.02. The Morgan fingerprint density at radius 2 is 1.27 bits per heavy atom. The van der Waals surface area contributed by atoms with Crippen molar-refractivity contribution in [3.63, 3.8) is 0 Å². The third kappa shape index (κ3) is 6.91. The first-order chi connectivity index (χ1) is 17.2. The highest BCUT2D eigenvalue weighted by Crippen LogP contribution is 2.32. The van der Waals surface area contributed by atoms with E-state index in [2.05, 4.69) is 4.18 Å². The van der Waals surface area contributed by atoms with Gasteiger partial charge in [0.05, 0.1) is 19.3 Å². The molecule has 3 rings (SSSR count). The summed E-state index contributed by atoms with van der Waals surface area (Å²) in [4.78, 5) is 0. The maximum atomic E-state index is 11.0. The molecular weight excluding hydrogens is 536 g/mol. The van der Waals surface area contributed by atoms with E-state index in [0.29, 0.717) is 0 Å². The number of ether oxygens (including phenoxy) is 5. The molecule has 0 aromatic carbocycles. The molecule has 0 aromatic heterocycles. The van der Waals surface area contributed by atoms with Gasteiger partial charge in [0.25, 0.3) is 0 Å². The van der Waals surface area contributed by atoms with Crippen molar-refractivity contribution in [3.8, 4) is 0 Å². The predicted molar refractivity (Wildman–Crippen MR) is 110 cm³/mol. The Kier molecular flexibility index (Phi) is 10.2. The minimum Gasteiger partial charge on any atom is -0.394 e. The number of rotatable bonds is 8. The molecule has 15 atom stereocenters. The summed E-state index contributed by atoms with van der Waals surface area (Å²) in [7, 11) is -5.02. The summed E-state index contributed by atoms with van der Waals surface area (Å²) < 4.78 is 61.9. The van der Waals surface area contributed by atoms with E-state index in [-0.39, 0.29) is 0 Å². The van der Waals surface area contributed by atoms with Crippen LogP contribution in [0.15, 0.2) is 0 Å². The van der Waals surface area contributed by atoms with E-state index in [0.717, 1.165) is 0 Å². The van der Waals surface area contributed by atoms with Crippen molar-refractivity contribution in [2.45, 2.75) is 99.0 Å². The van der Waals surface area contributed by atoms with E-state index in [1.54, 1.807) is 0 Å². The molecule has 0 unspecified atom stereocenters. The molecule has 10 N–H and O–H groups in total. The summed E-state index contributed by atoms with van der Waals surface area (Å²) in [6, 6.07) is 0. The lowest BCUT2D eigenvalue weighted by Gasteiger charge is -2.48. The zero-order valence-electron chi connectivity index (χ0n) is 19.2. The first-order valence-corrected chi connectivity index (χ1v) is 12.5. The molecule has 0 amide bonds. The van der Waals surface area contributed by atoms with Crippen LogP contribution in [0.3, 0.4) is 0 Å². The second-order valence-corrected chi connectivity index (χ2v) is 9.94. The highest BCUT2D eigenvalue weighted by atomic mass is 32.3. The fourth-order valence-electron chi connectivity index (χ4n) is 4.12. The van der Waals surface area contributed by atoms with Gasteiger partial charge in [-0.1, -0.05) is 0 Å². The number of aliphatic hydroxyl groups is 9. The smallest absolute Gasteiger partial charge is 0.394 e. The summed E-state index contributed by atoms with van der Waals surface area (Å²) >= 11 is 0. The molecule has 0 radical (unpaired) electrons. The van der Waals surface area contributed by atoms with Gasteiger partial charge in [0.1, 0.15) is 67.1 Å². The SMILES string of the molecule is C[C@@H]1O[C@@H](O[C@H]2[C@H](O[C@H]3[C@H](O)[C@@H](O)[C@H](O)O[C@@H]3COS(=O)(=O)O)O[C@H](CO)[C@H](O)[C@@H]2O)[C@@H](O)[C@H](O)[C@@H]1O. The molecule has 3 aliphatic heterocycles. The van der Waals surface area contributed by atoms with Crippen LogP contribution >= 0.6 is 0 Å². The number of aliphatic hydroxyl groups excluding tert-OH is 9. The molecule has 37 heavy (non-hydrogen) atoms. The van der Waals surface area contributed by atoms with Crippen LogP contribution in [0.5, 0.6) is 0 Å². The summed E-state index contributed by atoms with van der Waals surface area (Å²) in [5, 5.41) is 90.9. The third-order valence-corrected chi connectivity index (χ3v) is 6.69. The average molecular weight is 569 g/mol. The van der Waals surface area contributed by atoms with Crippen LogP contribution in [-0.4, -0.2) is 164 Å². The molecular formula is C18H32O18S. The maximum Gasteiger partial charge on any atom is 0.397 e. The van der Waals surface area contributed by atoms with Gasteiger partial charge in [0.15, 0.2) is 18.9 Å². The zero-order chi connectivity index (χ0) is 27.8. The topological polar surface area (TPSA) is 292 Å². The first kappa shape index (κ1) is 30.8. The van der Waals surface area contributed by atoms with Gasteiger partial charge >= 0.3 is 10.4 Å². The maximum absolute atomic E-state index is 11.0. The third-order valence-electron chi connectivity index (χ3n) is 6.26. The van der Waals surface area contributed by atoms with E-state index < -0.39 is 116 Å². The summed E-state index contributed by atoms with van der Waals surface area (Å²) in [6.45, 7) is -0.546. The van der Waals surface area contributed by atoms with Gasteiger partial charge in [0, 0.05) is 0 Å². The molecule has 3 saturated heterocycles. The Labute approximate surface area is 210 Å². The molecule has 0 spiro atoms. The second-order valence-electron chi connectivity index (χ2n) is 8.85. The Hall–Kier alpha value is -0.690. The van der Waals surface area contributed by atoms with E-state index in [1.165, 1.54) is 6.92 Å². The van der Waals surface area contributed by atoms with Gasteiger partial charge in [-0.2, -0.15) is 8.42 Å². The molecule has 3 aliphatic rings. The van der Waals surface area contributed by atoms with Crippen LogP contribution in [0.25, 0.3) is 0 Å². The van der Waals surface area contributed by atoms with Gasteiger partial charge in [-0.05, 0) is 6.92 Å². The standard InChI is InChI=1S/C18H32O18S/c1-4-7(20)9(22)13(26)17(32-4)36-15-10(23)8(21)5(2-19)34-18(15)35-14-6(3-31-37(28,29)30)33-16(27)12(25)11(14)24/h4-27H,2-3H2,1H3,(H,28,29,30)/t4-,5+,6+,7+,8-,9+,10-,11+,12+,13-,14+,15+,16+,17-,18-/m0/s1. The largest absolute Gasteiger partial charge is 0.397 e. The number of hydrogen-bond acceptors (Lipinski definition) is 17. The highest BCUT2D eigenvalue weighted by molar-refractivity contribution is 7.80. The first-order valence-electron chi connectivity index (χ1n) is 11.1. The fourth-order valence-corrected chi connectivity index (χ4v) is 4.43. The van der Waals surface area contributed by atoms with Crippen LogP contribution in [0.2, 0.25) is 0 Å². The van der Waals surface area contributed by atoms with Gasteiger partial charge in [-0.15, -0.1) is 0 Å². The van der Waals surface area contributed by atoms with E-state index in [1.807, 2.05) is 0 Å². The van der Waals surface area contributed by atoms with Crippen LogP contribution in [0.4, 0.5) is 0 Å². The Balaban J connectivity index is 1.86. The Bertz CT molecular complexity index is 845. The Morgan fingerprint density at radius 3 is 1.86 bits per heavy atom.